The Kier molecular flexibility index (Phi) is 5.35. The first-order valence-electron chi connectivity index (χ1n) is 8.83. The van der Waals surface area contributed by atoms with Crippen molar-refractivity contribution in [2.45, 2.75) is 26.9 Å². The van der Waals surface area contributed by atoms with Crippen molar-refractivity contribution in [3.8, 4) is 0 Å². The van der Waals surface area contributed by atoms with Gasteiger partial charge in [-0.2, -0.15) is 0 Å². The normalized spacial score (nSPS) is 18.6. The maximum absolute atomic E-state index is 14.6. The second-order valence-electron chi connectivity index (χ2n) is 6.44. The zero-order chi connectivity index (χ0) is 19.1. The van der Waals surface area contributed by atoms with Gasteiger partial charge in [-0.3, -0.25) is 19.2 Å². The van der Waals surface area contributed by atoms with Crippen LogP contribution in [0.4, 0.5) is 15.8 Å². The van der Waals surface area contributed by atoms with E-state index in [1.807, 2.05) is 13.8 Å². The third-order valence-corrected chi connectivity index (χ3v) is 7.51. The van der Waals surface area contributed by atoms with Gasteiger partial charge in [0.2, 0.25) is 0 Å². The molecule has 0 saturated carbocycles. The third kappa shape index (κ3) is 3.62. The van der Waals surface area contributed by atoms with Crippen LogP contribution < -0.4 is 4.90 Å². The lowest BCUT2D eigenvalue weighted by Crippen LogP contribution is -2.23. The van der Waals surface area contributed by atoms with E-state index in [4.69, 9.17) is 4.52 Å². The van der Waals surface area contributed by atoms with Crippen molar-refractivity contribution in [2.75, 3.05) is 44.2 Å². The number of nitro groups is 1. The summed E-state index contributed by atoms with van der Waals surface area (Å²) in [5.74, 6) is -0.719. The van der Waals surface area contributed by atoms with Gasteiger partial charge in [0.05, 0.1) is 17.1 Å². The minimum Gasteiger partial charge on any atom is -0.367 e. The number of anilines is 1. The highest BCUT2D eigenvalue weighted by atomic mass is 31.2. The summed E-state index contributed by atoms with van der Waals surface area (Å²) in [6, 6.07) is 2.39. The fourth-order valence-electron chi connectivity index (χ4n) is 3.01. The molecule has 1 aromatic carbocycles. The third-order valence-electron chi connectivity index (χ3n) is 4.69. The van der Waals surface area contributed by atoms with Crippen molar-refractivity contribution in [3.63, 3.8) is 0 Å². The van der Waals surface area contributed by atoms with E-state index in [0.717, 1.165) is 6.07 Å². The predicted octanol–water partition coefficient (Wildman–Crippen LogP) is 3.40. The molecule has 2 saturated heterocycles. The molecule has 0 N–H and O–H groups in total. The molecule has 0 bridgehead atoms. The molecule has 2 aliphatic heterocycles. The van der Waals surface area contributed by atoms with Crippen LogP contribution in [-0.2, 0) is 9.09 Å². The van der Waals surface area contributed by atoms with E-state index in [1.165, 1.54) is 6.07 Å². The summed E-state index contributed by atoms with van der Waals surface area (Å²) in [5, 5.41) is 11.3. The van der Waals surface area contributed by atoms with E-state index >= 15 is 0 Å². The Bertz CT molecular complexity index is 734. The molecule has 2 aliphatic rings. The summed E-state index contributed by atoms with van der Waals surface area (Å²) in [6.45, 7) is 9.31. The maximum atomic E-state index is 14.6. The van der Waals surface area contributed by atoms with Crippen molar-refractivity contribution in [1.82, 2.24) is 9.34 Å². The lowest BCUT2D eigenvalue weighted by molar-refractivity contribution is -0.384. The maximum Gasteiger partial charge on any atom is 0.346 e. The van der Waals surface area contributed by atoms with Crippen LogP contribution in [0.5, 0.6) is 0 Å². The molecule has 1 unspecified atom stereocenters. The van der Waals surface area contributed by atoms with Crippen molar-refractivity contribution < 1.29 is 18.4 Å². The smallest absolute Gasteiger partial charge is 0.346 e. The Morgan fingerprint density at radius 2 is 1.81 bits per heavy atom. The SMILES string of the molecule is CCN(CC)c1cc(C(C)OP(=O)(N2CC2)N2CC2)c(F)cc1[N+](=O)[O-]. The number of hydrogen-bond donors (Lipinski definition) is 0. The highest BCUT2D eigenvalue weighted by molar-refractivity contribution is 7.54. The molecule has 1 atom stereocenters. The number of nitrogens with zero attached hydrogens (tertiary/aromatic N) is 4. The molecule has 0 aromatic heterocycles. The van der Waals surface area contributed by atoms with Crippen LogP contribution in [0.2, 0.25) is 0 Å². The van der Waals surface area contributed by atoms with Crippen LogP contribution in [0.1, 0.15) is 32.4 Å². The number of benzene rings is 1. The number of nitro benzene ring substituents is 1. The van der Waals surface area contributed by atoms with Crippen molar-refractivity contribution >= 4 is 19.0 Å². The summed E-state index contributed by atoms with van der Waals surface area (Å²) < 4.78 is 37.1. The van der Waals surface area contributed by atoms with Gasteiger partial charge in [-0.25, -0.2) is 13.7 Å². The van der Waals surface area contributed by atoms with Gasteiger partial charge in [0, 0.05) is 44.8 Å². The molecule has 0 radical (unpaired) electrons. The zero-order valence-corrected chi connectivity index (χ0v) is 16.1. The van der Waals surface area contributed by atoms with E-state index in [2.05, 4.69) is 0 Å². The second kappa shape index (κ2) is 7.23. The molecular weight excluding hydrogens is 362 g/mol. The van der Waals surface area contributed by atoms with Gasteiger partial charge in [0.1, 0.15) is 11.5 Å². The Morgan fingerprint density at radius 1 is 1.27 bits per heavy atom. The van der Waals surface area contributed by atoms with Gasteiger partial charge in [-0.1, -0.05) is 0 Å². The molecular formula is C16H24FN4O4P. The number of halogens is 1. The van der Waals surface area contributed by atoms with Gasteiger partial charge in [-0.05, 0) is 26.8 Å². The second-order valence-corrected chi connectivity index (χ2v) is 8.76. The van der Waals surface area contributed by atoms with Gasteiger partial charge in [-0.15, -0.1) is 0 Å². The molecule has 3 rings (SSSR count). The highest BCUT2D eigenvalue weighted by Crippen LogP contribution is 2.63. The average Bonchev–Trinajstić information content (AvgIpc) is 3.49. The Labute approximate surface area is 152 Å². The minimum absolute atomic E-state index is 0.182. The van der Waals surface area contributed by atoms with Gasteiger partial charge >= 0.3 is 7.67 Å². The topological polar surface area (TPSA) is 78.7 Å². The molecule has 1 aromatic rings. The van der Waals surface area contributed by atoms with Crippen molar-refractivity contribution in [2.24, 2.45) is 0 Å². The van der Waals surface area contributed by atoms with Crippen molar-refractivity contribution in [3.05, 3.63) is 33.6 Å². The Balaban J connectivity index is 1.94. The molecule has 26 heavy (non-hydrogen) atoms. The van der Waals surface area contributed by atoms with Gasteiger partial charge in [0.15, 0.2) is 0 Å². The van der Waals surface area contributed by atoms with E-state index in [9.17, 15) is 19.1 Å². The molecule has 0 spiro atoms. The monoisotopic (exact) mass is 386 g/mol. The molecule has 2 fully saturated rings. The summed E-state index contributed by atoms with van der Waals surface area (Å²) in [6.07, 6.45) is -0.780. The fraction of sp³-hybridized carbons (Fsp3) is 0.625. The van der Waals surface area contributed by atoms with Crippen LogP contribution in [0.25, 0.3) is 0 Å². The lowest BCUT2D eigenvalue weighted by Gasteiger charge is -2.26. The van der Waals surface area contributed by atoms with Crippen LogP contribution in [-0.4, -0.2) is 53.5 Å². The van der Waals surface area contributed by atoms with Crippen LogP contribution >= 0.6 is 7.67 Å². The summed E-state index contributed by atoms with van der Waals surface area (Å²) >= 11 is 0. The molecule has 8 nitrogen and oxygen atoms in total. The predicted molar refractivity (Wildman–Crippen MR) is 96.9 cm³/mol. The standard InChI is InChI=1S/C16H24FN4O4P/c1-4-18(5-2)15-10-13(14(17)11-16(15)21(22)23)12(3)25-26(24,19-6-7-19)20-8-9-20/h10-12H,4-9H2,1-3H3. The summed E-state index contributed by atoms with van der Waals surface area (Å²) in [4.78, 5) is 12.6. The molecule has 0 amide bonds. The first-order valence-corrected chi connectivity index (χ1v) is 10.4. The molecule has 0 aliphatic carbocycles. The van der Waals surface area contributed by atoms with Crippen LogP contribution in [0.3, 0.4) is 0 Å². The molecule has 2 heterocycles. The summed E-state index contributed by atoms with van der Waals surface area (Å²) in [5.41, 5.74) is 0.254. The van der Waals surface area contributed by atoms with Gasteiger partial charge in [0.25, 0.3) is 5.69 Å². The average molecular weight is 386 g/mol. The van der Waals surface area contributed by atoms with E-state index in [0.29, 0.717) is 45.0 Å². The lowest BCUT2D eigenvalue weighted by atomic mass is 10.1. The quantitative estimate of drug-likeness (QED) is 0.279. The van der Waals surface area contributed by atoms with E-state index < -0.39 is 24.5 Å². The van der Waals surface area contributed by atoms with Gasteiger partial charge < -0.3 is 4.90 Å². The zero-order valence-electron chi connectivity index (χ0n) is 15.2. The molecule has 144 valence electrons. The Hall–Kier alpha value is -1.54. The number of rotatable bonds is 9. The minimum atomic E-state index is -3.11. The first kappa shape index (κ1) is 19.2. The van der Waals surface area contributed by atoms with E-state index in [1.54, 1.807) is 21.2 Å². The van der Waals surface area contributed by atoms with Crippen molar-refractivity contribution in [1.29, 1.82) is 0 Å². The highest BCUT2D eigenvalue weighted by Gasteiger charge is 2.50. The Morgan fingerprint density at radius 3 is 2.23 bits per heavy atom. The summed E-state index contributed by atoms with van der Waals surface area (Å²) in [7, 11) is -3.11. The van der Waals surface area contributed by atoms with E-state index in [-0.39, 0.29) is 11.3 Å². The molecule has 10 heteroatoms. The first-order chi connectivity index (χ1) is 12.3. The van der Waals surface area contributed by atoms with Crippen LogP contribution in [0.15, 0.2) is 12.1 Å². The van der Waals surface area contributed by atoms with Crippen LogP contribution in [0, 0.1) is 15.9 Å². The number of hydrogen-bond acceptors (Lipinski definition) is 5. The fourth-order valence-corrected chi connectivity index (χ4v) is 5.35. The largest absolute Gasteiger partial charge is 0.367 e.